The molecule has 0 saturated carbocycles. The molecule has 0 N–H and O–H groups in total. The van der Waals surface area contributed by atoms with Crippen molar-refractivity contribution in [3.63, 3.8) is 0 Å². The Labute approximate surface area is 173 Å². The van der Waals surface area contributed by atoms with Gasteiger partial charge in [-0.05, 0) is 36.4 Å². The zero-order valence-corrected chi connectivity index (χ0v) is 16.5. The van der Waals surface area contributed by atoms with E-state index in [-0.39, 0.29) is 37.0 Å². The number of esters is 1. The third-order valence-electron chi connectivity index (χ3n) is 4.58. The van der Waals surface area contributed by atoms with Crippen LogP contribution in [0.15, 0.2) is 54.6 Å². The van der Waals surface area contributed by atoms with Crippen LogP contribution in [0, 0.1) is 5.92 Å². The summed E-state index contributed by atoms with van der Waals surface area (Å²) in [7, 11) is 0. The molecule has 1 amide bonds. The number of carbonyl (C=O) groups is 3. The molecular formula is C21H19Cl2NO4. The van der Waals surface area contributed by atoms with Gasteiger partial charge in [-0.1, -0.05) is 29.8 Å². The summed E-state index contributed by atoms with van der Waals surface area (Å²) in [6, 6.07) is 15.5. The zero-order chi connectivity index (χ0) is 20.1. The lowest BCUT2D eigenvalue weighted by atomic mass is 10.0. The van der Waals surface area contributed by atoms with Crippen molar-refractivity contribution < 1.29 is 19.1 Å². The summed E-state index contributed by atoms with van der Waals surface area (Å²) in [6.45, 7) is 0.227. The number of hydrogen-bond acceptors (Lipinski definition) is 4. The van der Waals surface area contributed by atoms with Gasteiger partial charge in [-0.2, -0.15) is 0 Å². The van der Waals surface area contributed by atoms with E-state index in [0.29, 0.717) is 10.6 Å². The zero-order valence-electron chi connectivity index (χ0n) is 15.0. The molecule has 2 aromatic rings. The molecule has 1 fully saturated rings. The number of ketones is 1. The number of carbonyl (C=O) groups excluding carboxylic acids is 3. The van der Waals surface area contributed by atoms with Gasteiger partial charge < -0.3 is 9.64 Å². The number of alkyl halides is 1. The van der Waals surface area contributed by atoms with Crippen molar-refractivity contribution in [1.82, 2.24) is 0 Å². The molecule has 5 nitrogen and oxygen atoms in total. The highest BCUT2D eigenvalue weighted by atomic mass is 35.5. The highest BCUT2D eigenvalue weighted by Crippen LogP contribution is 2.26. The standard InChI is InChI=1S/C21H19Cl2NO4/c22-11-10-18(20(26)14-6-8-16(23)9-7-14)28-21(27)15-12-19(25)24(13-15)17-4-2-1-3-5-17/h1-9,15,18H,10-13H2/t15-,18-/m0/s1. The maximum Gasteiger partial charge on any atom is 0.312 e. The topological polar surface area (TPSA) is 63.7 Å². The fourth-order valence-electron chi connectivity index (χ4n) is 3.10. The van der Waals surface area contributed by atoms with Gasteiger partial charge in [-0.3, -0.25) is 14.4 Å². The maximum absolute atomic E-state index is 12.7. The molecule has 1 aliphatic rings. The summed E-state index contributed by atoms with van der Waals surface area (Å²) in [4.78, 5) is 39.2. The van der Waals surface area contributed by atoms with Gasteiger partial charge in [0, 0.05) is 41.5 Å². The molecule has 0 bridgehead atoms. The fourth-order valence-corrected chi connectivity index (χ4v) is 3.43. The number of ether oxygens (including phenoxy) is 1. The van der Waals surface area contributed by atoms with Crippen LogP contribution in [-0.4, -0.2) is 36.2 Å². The minimum absolute atomic E-state index is 0.0520. The predicted molar refractivity (Wildman–Crippen MR) is 108 cm³/mol. The van der Waals surface area contributed by atoms with Crippen molar-refractivity contribution in [1.29, 1.82) is 0 Å². The number of para-hydroxylation sites is 1. The first-order valence-electron chi connectivity index (χ1n) is 8.91. The number of nitrogens with zero attached hydrogens (tertiary/aromatic N) is 1. The summed E-state index contributed by atoms with van der Waals surface area (Å²) in [6.07, 6.45) is -0.749. The normalized spacial score (nSPS) is 17.4. The smallest absolute Gasteiger partial charge is 0.312 e. The third kappa shape index (κ3) is 4.72. The van der Waals surface area contributed by atoms with Gasteiger partial charge in [0.25, 0.3) is 0 Å². The van der Waals surface area contributed by atoms with E-state index in [1.54, 1.807) is 29.2 Å². The second-order valence-corrected chi connectivity index (χ2v) is 7.33. The Morgan fingerprint density at radius 3 is 2.43 bits per heavy atom. The van der Waals surface area contributed by atoms with Crippen LogP contribution in [0.5, 0.6) is 0 Å². The van der Waals surface area contributed by atoms with Crippen molar-refractivity contribution in [3.05, 3.63) is 65.2 Å². The molecule has 0 spiro atoms. The molecule has 2 aromatic carbocycles. The molecule has 0 aliphatic carbocycles. The Kier molecular flexibility index (Phi) is 6.70. The maximum atomic E-state index is 12.7. The molecule has 1 heterocycles. The molecule has 0 radical (unpaired) electrons. The highest BCUT2D eigenvalue weighted by Gasteiger charge is 2.38. The Hall–Kier alpha value is -2.37. The first-order valence-corrected chi connectivity index (χ1v) is 9.82. The molecule has 146 valence electrons. The molecule has 0 aromatic heterocycles. The molecule has 28 heavy (non-hydrogen) atoms. The van der Waals surface area contributed by atoms with E-state index in [4.69, 9.17) is 27.9 Å². The van der Waals surface area contributed by atoms with Gasteiger partial charge in [-0.25, -0.2) is 0 Å². The molecule has 2 atom stereocenters. The number of anilines is 1. The Morgan fingerprint density at radius 2 is 1.79 bits per heavy atom. The van der Waals surface area contributed by atoms with E-state index in [1.165, 1.54) is 0 Å². The molecule has 1 saturated heterocycles. The van der Waals surface area contributed by atoms with Crippen LogP contribution in [0.3, 0.4) is 0 Å². The van der Waals surface area contributed by atoms with Gasteiger partial charge in [0.1, 0.15) is 0 Å². The van der Waals surface area contributed by atoms with Gasteiger partial charge in [0.15, 0.2) is 6.10 Å². The minimum atomic E-state index is -0.993. The summed E-state index contributed by atoms with van der Waals surface area (Å²) in [5, 5.41) is 0.507. The number of amides is 1. The number of halogens is 2. The molecule has 0 unspecified atom stereocenters. The third-order valence-corrected chi connectivity index (χ3v) is 5.05. The summed E-state index contributed by atoms with van der Waals surface area (Å²) in [5.74, 6) is -1.51. The van der Waals surface area contributed by atoms with Crippen LogP contribution in [0.25, 0.3) is 0 Å². The number of rotatable bonds is 7. The molecular weight excluding hydrogens is 401 g/mol. The van der Waals surface area contributed by atoms with Crippen LogP contribution < -0.4 is 4.90 Å². The van der Waals surface area contributed by atoms with E-state index in [2.05, 4.69) is 0 Å². The summed E-state index contributed by atoms with van der Waals surface area (Å²) < 4.78 is 5.47. The van der Waals surface area contributed by atoms with Gasteiger partial charge >= 0.3 is 5.97 Å². The van der Waals surface area contributed by atoms with E-state index >= 15 is 0 Å². The van der Waals surface area contributed by atoms with Crippen molar-refractivity contribution in [3.8, 4) is 0 Å². The Balaban J connectivity index is 1.68. The van der Waals surface area contributed by atoms with E-state index < -0.39 is 18.0 Å². The number of benzene rings is 2. The van der Waals surface area contributed by atoms with Gasteiger partial charge in [0.05, 0.1) is 5.92 Å². The second-order valence-electron chi connectivity index (χ2n) is 6.52. The van der Waals surface area contributed by atoms with Gasteiger partial charge in [0.2, 0.25) is 11.7 Å². The van der Waals surface area contributed by atoms with E-state index in [1.807, 2.05) is 30.3 Å². The largest absolute Gasteiger partial charge is 0.454 e. The predicted octanol–water partition coefficient (Wildman–Crippen LogP) is 4.12. The van der Waals surface area contributed by atoms with Crippen molar-refractivity contribution >= 4 is 46.5 Å². The van der Waals surface area contributed by atoms with E-state index in [0.717, 1.165) is 5.69 Å². The SMILES string of the molecule is O=C(O[C@@H](CCCl)C(=O)c1ccc(Cl)cc1)[C@H]1CC(=O)N(c2ccccc2)C1. The molecule has 3 rings (SSSR count). The van der Waals surface area contributed by atoms with Crippen LogP contribution in [0.1, 0.15) is 23.2 Å². The van der Waals surface area contributed by atoms with Crippen LogP contribution in [0.2, 0.25) is 5.02 Å². The monoisotopic (exact) mass is 419 g/mol. The minimum Gasteiger partial charge on any atom is -0.454 e. The summed E-state index contributed by atoms with van der Waals surface area (Å²) >= 11 is 11.6. The first kappa shape index (κ1) is 20.4. The fraction of sp³-hybridized carbons (Fsp3) is 0.286. The van der Waals surface area contributed by atoms with Crippen molar-refractivity contribution in [2.75, 3.05) is 17.3 Å². The van der Waals surface area contributed by atoms with Gasteiger partial charge in [-0.15, -0.1) is 11.6 Å². The average Bonchev–Trinajstić information content (AvgIpc) is 3.10. The number of Topliss-reactive ketones (excluding diaryl/α,β-unsaturated/α-hetero) is 1. The van der Waals surface area contributed by atoms with E-state index in [9.17, 15) is 14.4 Å². The lowest BCUT2D eigenvalue weighted by Gasteiger charge is -2.19. The van der Waals surface area contributed by atoms with Crippen molar-refractivity contribution in [2.24, 2.45) is 5.92 Å². The number of hydrogen-bond donors (Lipinski definition) is 0. The molecule has 1 aliphatic heterocycles. The van der Waals surface area contributed by atoms with Crippen molar-refractivity contribution in [2.45, 2.75) is 18.9 Å². The van der Waals surface area contributed by atoms with Crippen LogP contribution in [-0.2, 0) is 14.3 Å². The average molecular weight is 420 g/mol. The highest BCUT2D eigenvalue weighted by molar-refractivity contribution is 6.30. The molecule has 7 heteroatoms. The second kappa shape index (κ2) is 9.22. The lowest BCUT2D eigenvalue weighted by molar-refractivity contribution is -0.151. The van der Waals surface area contributed by atoms with Crippen LogP contribution in [0.4, 0.5) is 5.69 Å². The van der Waals surface area contributed by atoms with Crippen LogP contribution >= 0.6 is 23.2 Å². The lowest BCUT2D eigenvalue weighted by Crippen LogP contribution is -2.32. The summed E-state index contributed by atoms with van der Waals surface area (Å²) in [5.41, 5.74) is 1.12. The Bertz CT molecular complexity index is 854. The quantitative estimate of drug-likeness (QED) is 0.384. The first-order chi connectivity index (χ1) is 13.5. The Morgan fingerprint density at radius 1 is 1.11 bits per heavy atom.